The lowest BCUT2D eigenvalue weighted by Crippen LogP contribution is -1.95. The van der Waals surface area contributed by atoms with Gasteiger partial charge in [0.1, 0.15) is 5.82 Å². The van der Waals surface area contributed by atoms with Gasteiger partial charge in [0.15, 0.2) is 5.65 Å². The molecule has 0 radical (unpaired) electrons. The van der Waals surface area contributed by atoms with Crippen LogP contribution in [0, 0.1) is 0 Å². The molecule has 0 atom stereocenters. The van der Waals surface area contributed by atoms with E-state index >= 15 is 0 Å². The van der Waals surface area contributed by atoms with Crippen molar-refractivity contribution in [3.05, 3.63) is 17.1 Å². The highest BCUT2D eigenvalue weighted by molar-refractivity contribution is 5.49. The average Bonchev–Trinajstić information content (AvgIpc) is 2.74. The summed E-state index contributed by atoms with van der Waals surface area (Å²) < 4.78 is 6.78. The van der Waals surface area contributed by atoms with Crippen molar-refractivity contribution in [3.63, 3.8) is 0 Å². The third-order valence-electron chi connectivity index (χ3n) is 2.50. The Balaban J connectivity index is 2.51. The lowest BCUT2D eigenvalue weighted by Gasteiger charge is -1.96. The smallest absolute Gasteiger partial charge is 0.159 e. The third-order valence-corrected chi connectivity index (χ3v) is 2.50. The molecular weight excluding hydrogens is 192 g/mol. The molecule has 0 spiro atoms. The fourth-order valence-corrected chi connectivity index (χ4v) is 1.74. The number of H-pyrrole nitrogens is 1. The van der Waals surface area contributed by atoms with Crippen LogP contribution in [0.2, 0.25) is 0 Å². The molecule has 0 saturated carbocycles. The number of methoxy groups -OCH3 is 1. The van der Waals surface area contributed by atoms with Crippen molar-refractivity contribution >= 4 is 5.65 Å². The summed E-state index contributed by atoms with van der Waals surface area (Å²) in [5.74, 6) is 0.969. The minimum Gasteiger partial charge on any atom is -0.378 e. The van der Waals surface area contributed by atoms with Gasteiger partial charge in [-0.1, -0.05) is 13.8 Å². The molecule has 0 amide bonds. The van der Waals surface area contributed by atoms with Gasteiger partial charge in [-0.05, 0) is 6.42 Å². The van der Waals surface area contributed by atoms with E-state index in [2.05, 4.69) is 29.0 Å². The Bertz CT molecular complexity index is 457. The highest BCUT2D eigenvalue weighted by Crippen LogP contribution is 2.15. The van der Waals surface area contributed by atoms with Crippen LogP contribution in [0.4, 0.5) is 0 Å². The fourth-order valence-electron chi connectivity index (χ4n) is 1.74. The summed E-state index contributed by atoms with van der Waals surface area (Å²) in [5.41, 5.74) is 3.17. The number of aryl methyl sites for hydroxylation is 2. The Hall–Kier alpha value is -1.36. The van der Waals surface area contributed by atoms with Crippen molar-refractivity contribution < 1.29 is 4.74 Å². The number of hydrogen-bond acceptors (Lipinski definition) is 3. The van der Waals surface area contributed by atoms with Gasteiger partial charge in [0, 0.05) is 19.1 Å². The summed E-state index contributed by atoms with van der Waals surface area (Å²) in [6.07, 6.45) is 1.83. The predicted molar refractivity (Wildman–Crippen MR) is 56.8 cm³/mol. The van der Waals surface area contributed by atoms with Crippen molar-refractivity contribution in [2.75, 3.05) is 7.11 Å². The molecule has 0 aromatic carbocycles. The van der Waals surface area contributed by atoms with Crippen LogP contribution >= 0.6 is 0 Å². The molecule has 2 heterocycles. The van der Waals surface area contributed by atoms with Crippen LogP contribution < -0.4 is 0 Å². The van der Waals surface area contributed by atoms with Gasteiger partial charge in [-0.25, -0.2) is 0 Å². The van der Waals surface area contributed by atoms with Gasteiger partial charge >= 0.3 is 0 Å². The van der Waals surface area contributed by atoms with Crippen molar-refractivity contribution in [2.24, 2.45) is 0 Å². The Morgan fingerprint density at radius 3 is 2.67 bits per heavy atom. The first kappa shape index (κ1) is 10.2. The molecule has 2 aromatic heterocycles. The lowest BCUT2D eigenvalue weighted by molar-refractivity contribution is 0.180. The molecule has 15 heavy (non-hydrogen) atoms. The monoisotopic (exact) mass is 208 g/mol. The van der Waals surface area contributed by atoms with E-state index < -0.39 is 0 Å². The zero-order chi connectivity index (χ0) is 10.8. The highest BCUT2D eigenvalue weighted by Gasteiger charge is 2.13. The number of nitrogens with one attached hydrogen (secondary N) is 1. The second-order valence-corrected chi connectivity index (χ2v) is 3.48. The summed E-state index contributed by atoms with van der Waals surface area (Å²) in [4.78, 5) is 3.28. The first-order chi connectivity index (χ1) is 7.30. The van der Waals surface area contributed by atoms with E-state index in [0.29, 0.717) is 6.61 Å². The number of aromatic nitrogens is 4. The molecule has 1 N–H and O–H groups in total. The topological polar surface area (TPSA) is 55.2 Å². The van der Waals surface area contributed by atoms with Crippen LogP contribution in [0.5, 0.6) is 0 Å². The number of hydrogen-bond donors (Lipinski definition) is 1. The van der Waals surface area contributed by atoms with E-state index in [1.807, 2.05) is 0 Å². The van der Waals surface area contributed by atoms with Crippen LogP contribution in [-0.4, -0.2) is 26.9 Å². The van der Waals surface area contributed by atoms with E-state index in [1.54, 1.807) is 11.7 Å². The Kier molecular flexibility index (Phi) is 2.73. The van der Waals surface area contributed by atoms with Gasteiger partial charge in [0.2, 0.25) is 0 Å². The molecule has 0 bridgehead atoms. The van der Waals surface area contributed by atoms with E-state index in [0.717, 1.165) is 30.0 Å². The van der Waals surface area contributed by atoms with E-state index in [9.17, 15) is 0 Å². The van der Waals surface area contributed by atoms with Gasteiger partial charge < -0.3 is 9.72 Å². The molecule has 0 fully saturated rings. The molecule has 2 rings (SSSR count). The summed E-state index contributed by atoms with van der Waals surface area (Å²) in [7, 11) is 1.68. The predicted octanol–water partition coefficient (Wildman–Crippen LogP) is 1.33. The first-order valence-corrected chi connectivity index (χ1v) is 5.24. The SMILES string of the molecule is CCc1nn2nc(COC)c(CC)c2[nH]1. The van der Waals surface area contributed by atoms with Crippen LogP contribution in [0.25, 0.3) is 5.65 Å². The lowest BCUT2D eigenvalue weighted by atomic mass is 10.2. The average molecular weight is 208 g/mol. The fraction of sp³-hybridized carbons (Fsp3) is 0.600. The zero-order valence-electron chi connectivity index (χ0n) is 9.37. The molecule has 2 aromatic rings. The minimum absolute atomic E-state index is 0.543. The van der Waals surface area contributed by atoms with Crippen LogP contribution in [0.3, 0.4) is 0 Å². The van der Waals surface area contributed by atoms with Gasteiger partial charge in [-0.2, -0.15) is 5.10 Å². The Labute approximate surface area is 88.4 Å². The molecule has 0 aliphatic heterocycles. The number of nitrogens with zero attached hydrogens (tertiary/aromatic N) is 3. The van der Waals surface area contributed by atoms with Crippen LogP contribution in [0.15, 0.2) is 0 Å². The summed E-state index contributed by atoms with van der Waals surface area (Å²) >= 11 is 0. The van der Waals surface area contributed by atoms with E-state index in [-0.39, 0.29) is 0 Å². The number of fused-ring (bicyclic) bond motifs is 1. The molecule has 0 saturated heterocycles. The maximum Gasteiger partial charge on any atom is 0.159 e. The molecule has 0 unspecified atom stereocenters. The van der Waals surface area contributed by atoms with Crippen molar-refractivity contribution in [2.45, 2.75) is 33.3 Å². The second-order valence-electron chi connectivity index (χ2n) is 3.48. The quantitative estimate of drug-likeness (QED) is 0.824. The maximum absolute atomic E-state index is 5.11. The molecular formula is C10H16N4O. The largest absolute Gasteiger partial charge is 0.378 e. The molecule has 0 aliphatic rings. The summed E-state index contributed by atoms with van der Waals surface area (Å²) in [6.45, 7) is 4.73. The summed E-state index contributed by atoms with van der Waals surface area (Å²) in [5, 5.41) is 8.73. The van der Waals surface area contributed by atoms with Gasteiger partial charge in [-0.15, -0.1) is 9.73 Å². The van der Waals surface area contributed by atoms with Crippen molar-refractivity contribution in [1.29, 1.82) is 0 Å². The Morgan fingerprint density at radius 1 is 1.27 bits per heavy atom. The Morgan fingerprint density at radius 2 is 2.07 bits per heavy atom. The molecule has 5 heteroatoms. The van der Waals surface area contributed by atoms with Crippen LogP contribution in [-0.2, 0) is 24.2 Å². The van der Waals surface area contributed by atoms with Gasteiger partial charge in [0.05, 0.1) is 12.3 Å². The molecule has 82 valence electrons. The number of aromatic amines is 1. The second kappa shape index (κ2) is 4.02. The van der Waals surface area contributed by atoms with E-state index in [4.69, 9.17) is 4.74 Å². The minimum atomic E-state index is 0.543. The van der Waals surface area contributed by atoms with Gasteiger partial charge in [-0.3, -0.25) is 0 Å². The summed E-state index contributed by atoms with van der Waals surface area (Å²) in [6, 6.07) is 0. The van der Waals surface area contributed by atoms with Crippen LogP contribution in [0.1, 0.15) is 30.9 Å². The normalized spacial score (nSPS) is 11.4. The van der Waals surface area contributed by atoms with E-state index in [1.165, 1.54) is 5.56 Å². The van der Waals surface area contributed by atoms with Crippen molar-refractivity contribution in [1.82, 2.24) is 19.8 Å². The standard InChI is InChI=1S/C10H16N4O/c1-4-7-8(6-15-3)12-14-10(7)11-9(5-2)13-14/h4-6H2,1-3H3,(H,11,13). The number of ether oxygens (including phenoxy) is 1. The van der Waals surface area contributed by atoms with Gasteiger partial charge in [0.25, 0.3) is 0 Å². The first-order valence-electron chi connectivity index (χ1n) is 5.24. The highest BCUT2D eigenvalue weighted by atomic mass is 16.5. The number of rotatable bonds is 4. The van der Waals surface area contributed by atoms with Crippen molar-refractivity contribution in [3.8, 4) is 0 Å². The third kappa shape index (κ3) is 1.63. The molecule has 5 nitrogen and oxygen atoms in total. The maximum atomic E-state index is 5.11. The zero-order valence-corrected chi connectivity index (χ0v) is 9.37. The molecule has 0 aliphatic carbocycles.